The first-order valence-electron chi connectivity index (χ1n) is 12.9. The Kier molecular flexibility index (Phi) is 9.45. The molecule has 0 aliphatic carbocycles. The molecule has 0 saturated heterocycles. The number of rotatable bonds is 11. The highest BCUT2D eigenvalue weighted by Crippen LogP contribution is 2.50. The summed E-state index contributed by atoms with van der Waals surface area (Å²) < 4.78 is 7.93. The summed E-state index contributed by atoms with van der Waals surface area (Å²) in [5.74, 6) is 0.924. The smallest absolute Gasteiger partial charge is 0.213 e. The van der Waals surface area contributed by atoms with E-state index in [4.69, 9.17) is 9.99 Å². The maximum Gasteiger partial charge on any atom is 0.213 e. The fourth-order valence-electron chi connectivity index (χ4n) is 4.60. The van der Waals surface area contributed by atoms with Crippen LogP contribution >= 0.6 is 11.8 Å². The summed E-state index contributed by atoms with van der Waals surface area (Å²) in [6.45, 7) is 8.70. The van der Waals surface area contributed by atoms with E-state index in [2.05, 4.69) is 102 Å². The van der Waals surface area contributed by atoms with E-state index >= 15 is 0 Å². The van der Waals surface area contributed by atoms with Gasteiger partial charge < -0.3 is 9.64 Å². The Bertz CT molecular complexity index is 1330. The third kappa shape index (κ3) is 6.45. The van der Waals surface area contributed by atoms with Crippen molar-refractivity contribution in [3.63, 3.8) is 0 Å². The normalized spacial score (nSPS) is 14.8. The van der Waals surface area contributed by atoms with E-state index in [1.807, 2.05) is 6.07 Å². The summed E-state index contributed by atoms with van der Waals surface area (Å²) in [6, 6.07) is 15.1. The molecule has 4 rings (SSSR count). The second kappa shape index (κ2) is 13.0. The molecule has 194 valence electrons. The summed E-state index contributed by atoms with van der Waals surface area (Å²) in [6.07, 6.45) is 13.8. The molecule has 0 radical (unpaired) electrons. The first-order valence-corrected chi connectivity index (χ1v) is 13.8. The molecular weight excluding hydrogens is 480 g/mol. The SMILES string of the molecule is CCCN1/C(=C/C=C(C)/C=C/c2cc[n+](CCCCOO)c3ccc(C)cc23)Sc2cccc(OC)c21. The highest BCUT2D eigenvalue weighted by atomic mass is 32.2. The van der Waals surface area contributed by atoms with E-state index in [0.29, 0.717) is 6.61 Å². The highest BCUT2D eigenvalue weighted by molar-refractivity contribution is 8.03. The number of aryl methyl sites for hydroxylation is 2. The van der Waals surface area contributed by atoms with Gasteiger partial charge in [0.25, 0.3) is 0 Å². The average molecular weight is 518 g/mol. The van der Waals surface area contributed by atoms with Crippen LogP contribution in [0.3, 0.4) is 0 Å². The van der Waals surface area contributed by atoms with Crippen LogP contribution in [0.2, 0.25) is 0 Å². The second-order valence-corrected chi connectivity index (χ2v) is 10.4. The number of allylic oxidation sites excluding steroid dienone is 4. The number of pyridine rings is 1. The summed E-state index contributed by atoms with van der Waals surface area (Å²) >= 11 is 1.80. The fourth-order valence-corrected chi connectivity index (χ4v) is 5.71. The van der Waals surface area contributed by atoms with Crippen LogP contribution in [0.25, 0.3) is 17.0 Å². The van der Waals surface area contributed by atoms with Crippen molar-refractivity contribution in [2.45, 2.75) is 51.5 Å². The monoisotopic (exact) mass is 517 g/mol. The van der Waals surface area contributed by atoms with E-state index in [9.17, 15) is 0 Å². The molecule has 0 atom stereocenters. The molecule has 0 fully saturated rings. The lowest BCUT2D eigenvalue weighted by Gasteiger charge is -2.21. The van der Waals surface area contributed by atoms with Gasteiger partial charge in [0, 0.05) is 30.0 Å². The molecule has 3 aromatic rings. The van der Waals surface area contributed by atoms with Gasteiger partial charge >= 0.3 is 0 Å². The Morgan fingerprint density at radius 3 is 2.81 bits per heavy atom. The van der Waals surface area contributed by atoms with E-state index in [-0.39, 0.29) is 0 Å². The van der Waals surface area contributed by atoms with Crippen molar-refractivity contribution in [3.05, 3.63) is 88.6 Å². The van der Waals surface area contributed by atoms with Crippen LogP contribution in [0.15, 0.2) is 82.4 Å². The van der Waals surface area contributed by atoms with Crippen LogP contribution < -0.4 is 14.2 Å². The molecule has 0 bridgehead atoms. The molecule has 2 aromatic carbocycles. The fraction of sp³-hybridized carbons (Fsp3) is 0.323. The molecule has 37 heavy (non-hydrogen) atoms. The van der Waals surface area contributed by atoms with Crippen LogP contribution in [0.5, 0.6) is 5.75 Å². The van der Waals surface area contributed by atoms with Crippen molar-refractivity contribution < 1.29 is 19.4 Å². The first-order chi connectivity index (χ1) is 18.0. The summed E-state index contributed by atoms with van der Waals surface area (Å²) in [7, 11) is 1.74. The number of benzene rings is 2. The number of methoxy groups -OCH3 is 1. The number of nitrogens with zero attached hydrogens (tertiary/aromatic N) is 2. The average Bonchev–Trinajstić information content (AvgIpc) is 3.26. The Labute approximate surface area is 224 Å². The van der Waals surface area contributed by atoms with Crippen molar-refractivity contribution in [2.75, 3.05) is 25.2 Å². The van der Waals surface area contributed by atoms with Crippen LogP contribution in [0.1, 0.15) is 44.2 Å². The van der Waals surface area contributed by atoms with Gasteiger partial charge in [0.2, 0.25) is 5.52 Å². The maximum atomic E-state index is 8.57. The van der Waals surface area contributed by atoms with Gasteiger partial charge in [-0.25, -0.2) is 4.89 Å². The van der Waals surface area contributed by atoms with Gasteiger partial charge in [-0.15, -0.1) is 0 Å². The zero-order valence-electron chi connectivity index (χ0n) is 22.2. The van der Waals surface area contributed by atoms with Crippen molar-refractivity contribution >= 4 is 34.4 Å². The van der Waals surface area contributed by atoms with E-state index in [1.54, 1.807) is 18.9 Å². The number of unbranched alkanes of at least 4 members (excludes halogenated alkanes) is 1. The first kappa shape index (κ1) is 27.0. The van der Waals surface area contributed by atoms with Crippen LogP contribution in [0, 0.1) is 6.92 Å². The molecule has 5 nitrogen and oxygen atoms in total. The third-order valence-corrected chi connectivity index (χ3v) is 7.60. The quantitative estimate of drug-likeness (QED) is 0.0936. The molecule has 0 spiro atoms. The summed E-state index contributed by atoms with van der Waals surface area (Å²) in [5.41, 5.74) is 6.02. The maximum absolute atomic E-state index is 8.57. The molecule has 0 amide bonds. The lowest BCUT2D eigenvalue weighted by molar-refractivity contribution is -0.672. The van der Waals surface area contributed by atoms with E-state index in [1.165, 1.54) is 43.2 Å². The third-order valence-electron chi connectivity index (χ3n) is 6.49. The van der Waals surface area contributed by atoms with E-state index in [0.717, 1.165) is 38.1 Å². The Morgan fingerprint density at radius 1 is 1.16 bits per heavy atom. The number of fused-ring (bicyclic) bond motifs is 2. The van der Waals surface area contributed by atoms with Crippen LogP contribution in [0.4, 0.5) is 5.69 Å². The zero-order valence-corrected chi connectivity index (χ0v) is 23.1. The summed E-state index contributed by atoms with van der Waals surface area (Å²) in [4.78, 5) is 7.82. The zero-order chi connectivity index (χ0) is 26.2. The number of anilines is 1. The number of para-hydroxylation sites is 1. The lowest BCUT2D eigenvalue weighted by atomic mass is 10.0. The molecule has 1 N–H and O–H groups in total. The molecule has 2 heterocycles. The number of thioether (sulfide) groups is 1. The number of hydrogen-bond acceptors (Lipinski definition) is 5. The van der Waals surface area contributed by atoms with Crippen LogP contribution in [-0.4, -0.2) is 25.5 Å². The lowest BCUT2D eigenvalue weighted by Crippen LogP contribution is -2.34. The number of ether oxygens (including phenoxy) is 1. The Morgan fingerprint density at radius 2 is 2.03 bits per heavy atom. The van der Waals surface area contributed by atoms with Gasteiger partial charge in [-0.05, 0) is 56.5 Å². The van der Waals surface area contributed by atoms with E-state index < -0.39 is 0 Å². The molecule has 6 heteroatoms. The molecule has 0 saturated carbocycles. The van der Waals surface area contributed by atoms with Gasteiger partial charge in [0.05, 0.1) is 29.8 Å². The minimum Gasteiger partial charge on any atom is -0.495 e. The van der Waals surface area contributed by atoms with Gasteiger partial charge in [0.1, 0.15) is 12.3 Å². The predicted molar refractivity (Wildman–Crippen MR) is 154 cm³/mol. The van der Waals surface area contributed by atoms with Gasteiger partial charge in [0.15, 0.2) is 6.20 Å². The number of aromatic nitrogens is 1. The summed E-state index contributed by atoms with van der Waals surface area (Å²) in [5, 5.41) is 11.0. The van der Waals surface area contributed by atoms with Gasteiger partial charge in [-0.2, -0.15) is 4.57 Å². The van der Waals surface area contributed by atoms with Crippen molar-refractivity contribution in [3.8, 4) is 5.75 Å². The van der Waals surface area contributed by atoms with Crippen LogP contribution in [-0.2, 0) is 11.4 Å². The molecule has 0 unspecified atom stereocenters. The standard InChI is InChI=1S/C31H36N2O3S/c1-5-18-33-30(37-29-10-8-9-28(35-4)31(29)33)16-13-23(2)11-14-25-17-20-32(19-6-7-21-36-34)27-15-12-24(3)22-26(25)27/h8-17,20,22H,5-7,18-19,21H2,1-4H3/p+1. The van der Waals surface area contributed by atoms with Crippen molar-refractivity contribution in [2.24, 2.45) is 0 Å². The van der Waals surface area contributed by atoms with Crippen molar-refractivity contribution in [1.82, 2.24) is 0 Å². The van der Waals surface area contributed by atoms with Gasteiger partial charge in [-0.1, -0.05) is 60.2 Å². The predicted octanol–water partition coefficient (Wildman–Crippen LogP) is 7.54. The second-order valence-electron chi connectivity index (χ2n) is 9.34. The Balaban J connectivity index is 1.56. The topological polar surface area (TPSA) is 45.8 Å². The van der Waals surface area contributed by atoms with Gasteiger partial charge in [-0.3, -0.25) is 5.26 Å². The molecule has 1 aliphatic heterocycles. The molecule has 1 aromatic heterocycles. The molecule has 1 aliphatic rings. The van der Waals surface area contributed by atoms with Crippen molar-refractivity contribution in [1.29, 1.82) is 0 Å². The Hall–Kier alpha value is -3.06. The minimum absolute atomic E-state index is 0.370. The number of hydrogen-bond donors (Lipinski definition) is 1. The largest absolute Gasteiger partial charge is 0.495 e. The highest BCUT2D eigenvalue weighted by Gasteiger charge is 2.27. The molecular formula is C31H37N2O3S+. The minimum atomic E-state index is 0.370.